The van der Waals surface area contributed by atoms with Crippen LogP contribution in [0.1, 0.15) is 38.8 Å². The molecule has 0 radical (unpaired) electrons. The molecule has 1 aromatic carbocycles. The van der Waals surface area contributed by atoms with Gasteiger partial charge in [-0.25, -0.2) is 4.79 Å². The number of halogens is 1. The molecule has 1 aromatic rings. The van der Waals surface area contributed by atoms with Crippen molar-refractivity contribution in [3.63, 3.8) is 0 Å². The van der Waals surface area contributed by atoms with E-state index in [1.54, 1.807) is 68.0 Å². The Kier molecular flexibility index (Phi) is 6.92. The standard InChI is InChI=1S/C15H20INO5/c1-15(2,3)21-14(19)17-12(9-13(18)20-4)10-5-7-11(22-16)8-6-10/h5-8,12H,9H2,1-4H3,(H,17,19). The fourth-order valence-electron chi connectivity index (χ4n) is 1.70. The van der Waals surface area contributed by atoms with Gasteiger partial charge in [0, 0.05) is 0 Å². The number of rotatable bonds is 5. The first-order chi connectivity index (χ1) is 10.2. The summed E-state index contributed by atoms with van der Waals surface area (Å²) in [4.78, 5) is 23.5. The third kappa shape index (κ3) is 6.50. The first-order valence-electron chi connectivity index (χ1n) is 6.70. The second kappa shape index (κ2) is 8.21. The number of ether oxygens (including phenoxy) is 2. The molecule has 1 N–H and O–H groups in total. The smallest absolute Gasteiger partial charge is 0.408 e. The number of methoxy groups -OCH3 is 1. The Hall–Kier alpha value is -1.51. The van der Waals surface area contributed by atoms with Gasteiger partial charge in [-0.2, -0.15) is 0 Å². The van der Waals surface area contributed by atoms with Gasteiger partial charge in [0.25, 0.3) is 0 Å². The molecule has 1 rings (SSSR count). The van der Waals surface area contributed by atoms with Crippen LogP contribution in [0, 0.1) is 0 Å². The molecule has 7 heteroatoms. The second-order valence-electron chi connectivity index (χ2n) is 5.63. The zero-order valence-electron chi connectivity index (χ0n) is 13.0. The van der Waals surface area contributed by atoms with Crippen molar-refractivity contribution in [2.24, 2.45) is 0 Å². The van der Waals surface area contributed by atoms with E-state index in [0.717, 1.165) is 5.56 Å². The molecule has 1 atom stereocenters. The van der Waals surface area contributed by atoms with Crippen LogP contribution in [-0.4, -0.2) is 24.8 Å². The molecule has 1 unspecified atom stereocenters. The monoisotopic (exact) mass is 421 g/mol. The summed E-state index contributed by atoms with van der Waals surface area (Å²) < 4.78 is 15.0. The Morgan fingerprint density at radius 2 is 1.82 bits per heavy atom. The van der Waals surface area contributed by atoms with Crippen LogP contribution in [0.5, 0.6) is 5.75 Å². The SMILES string of the molecule is COC(=O)CC(NC(=O)OC(C)(C)C)c1ccc(OI)cc1. The summed E-state index contributed by atoms with van der Waals surface area (Å²) in [5.74, 6) is 0.258. The van der Waals surface area contributed by atoms with Crippen molar-refractivity contribution < 1.29 is 22.1 Å². The number of carbonyl (C=O) groups excluding carboxylic acids is 2. The molecule has 0 saturated carbocycles. The number of esters is 1. The Labute approximate surface area is 144 Å². The van der Waals surface area contributed by atoms with Crippen LogP contribution in [0.15, 0.2) is 24.3 Å². The lowest BCUT2D eigenvalue weighted by atomic mass is 10.0. The summed E-state index contributed by atoms with van der Waals surface area (Å²) in [5, 5.41) is 2.69. The molecular weight excluding hydrogens is 401 g/mol. The summed E-state index contributed by atoms with van der Waals surface area (Å²) in [6, 6.07) is 6.52. The van der Waals surface area contributed by atoms with Gasteiger partial charge in [-0.15, -0.1) is 0 Å². The van der Waals surface area contributed by atoms with Gasteiger partial charge in [-0.05, 0) is 38.5 Å². The Balaban J connectivity index is 2.87. The van der Waals surface area contributed by atoms with E-state index in [4.69, 9.17) is 7.80 Å². The van der Waals surface area contributed by atoms with Gasteiger partial charge in [0.1, 0.15) is 11.4 Å². The number of nitrogens with one attached hydrogen (secondary N) is 1. The molecule has 0 saturated heterocycles. The van der Waals surface area contributed by atoms with Crippen LogP contribution >= 0.6 is 23.0 Å². The molecule has 0 bridgehead atoms. The van der Waals surface area contributed by atoms with Gasteiger partial charge in [-0.1, -0.05) is 12.1 Å². The highest BCUT2D eigenvalue weighted by molar-refractivity contribution is 14.1. The highest BCUT2D eigenvalue weighted by Crippen LogP contribution is 2.22. The highest BCUT2D eigenvalue weighted by Gasteiger charge is 2.23. The number of hydrogen-bond donors (Lipinski definition) is 1. The lowest BCUT2D eigenvalue weighted by Gasteiger charge is -2.23. The molecule has 6 nitrogen and oxygen atoms in total. The van der Waals surface area contributed by atoms with Gasteiger partial charge < -0.3 is 17.9 Å². The van der Waals surface area contributed by atoms with Crippen molar-refractivity contribution in [1.29, 1.82) is 0 Å². The predicted octanol–water partition coefficient (Wildman–Crippen LogP) is 3.54. The average molecular weight is 421 g/mol. The van der Waals surface area contributed by atoms with E-state index in [2.05, 4.69) is 10.1 Å². The van der Waals surface area contributed by atoms with Gasteiger partial charge >= 0.3 is 12.1 Å². The van der Waals surface area contributed by atoms with E-state index in [9.17, 15) is 9.59 Å². The van der Waals surface area contributed by atoms with Crippen LogP contribution in [-0.2, 0) is 14.3 Å². The number of alkyl carbamates (subject to hydrolysis) is 1. The van der Waals surface area contributed by atoms with E-state index in [0.29, 0.717) is 5.75 Å². The van der Waals surface area contributed by atoms with Crippen molar-refractivity contribution >= 4 is 35.1 Å². The molecule has 0 aliphatic rings. The fourth-order valence-corrected chi connectivity index (χ4v) is 2.00. The van der Waals surface area contributed by atoms with Crippen LogP contribution in [0.4, 0.5) is 4.79 Å². The quantitative estimate of drug-likeness (QED) is 0.582. The Morgan fingerprint density at radius 1 is 1.23 bits per heavy atom. The first-order valence-corrected chi connectivity index (χ1v) is 7.58. The maximum absolute atomic E-state index is 11.9. The van der Waals surface area contributed by atoms with Crippen LogP contribution in [0.25, 0.3) is 0 Å². The molecule has 122 valence electrons. The highest BCUT2D eigenvalue weighted by atomic mass is 127. The van der Waals surface area contributed by atoms with E-state index in [1.807, 2.05) is 0 Å². The van der Waals surface area contributed by atoms with Crippen molar-refractivity contribution in [1.82, 2.24) is 5.32 Å². The summed E-state index contributed by atoms with van der Waals surface area (Å²) in [6.07, 6.45) is -0.573. The second-order valence-corrected chi connectivity index (χ2v) is 6.07. The number of hydrogen-bond acceptors (Lipinski definition) is 5. The molecule has 0 aromatic heterocycles. The van der Waals surface area contributed by atoms with Gasteiger partial charge in [0.05, 0.1) is 19.6 Å². The molecule has 0 aliphatic heterocycles. The van der Waals surface area contributed by atoms with Crippen molar-refractivity contribution in [3.8, 4) is 5.75 Å². The minimum atomic E-state index is -0.612. The first kappa shape index (κ1) is 18.5. The topological polar surface area (TPSA) is 73.9 Å². The zero-order chi connectivity index (χ0) is 16.8. The molecule has 0 aliphatic carbocycles. The Morgan fingerprint density at radius 3 is 2.27 bits per heavy atom. The minimum Gasteiger partial charge on any atom is -0.469 e. The summed E-state index contributed by atoms with van der Waals surface area (Å²) in [7, 11) is 1.31. The van der Waals surface area contributed by atoms with Crippen molar-refractivity contribution in [3.05, 3.63) is 29.8 Å². The maximum Gasteiger partial charge on any atom is 0.408 e. The van der Waals surface area contributed by atoms with Crippen LogP contribution in [0.2, 0.25) is 0 Å². The van der Waals surface area contributed by atoms with Gasteiger partial charge in [-0.3, -0.25) is 4.79 Å². The minimum absolute atomic E-state index is 0.0141. The van der Waals surface area contributed by atoms with Crippen LogP contribution < -0.4 is 8.38 Å². The van der Waals surface area contributed by atoms with Crippen molar-refractivity contribution in [2.75, 3.05) is 7.11 Å². The average Bonchev–Trinajstić information content (AvgIpc) is 2.44. The predicted molar refractivity (Wildman–Crippen MR) is 89.8 cm³/mol. The summed E-state index contributed by atoms with van der Waals surface area (Å²) in [6.45, 7) is 5.32. The lowest BCUT2D eigenvalue weighted by molar-refractivity contribution is -0.141. The van der Waals surface area contributed by atoms with Crippen molar-refractivity contribution in [2.45, 2.75) is 38.8 Å². The molecule has 22 heavy (non-hydrogen) atoms. The Bertz CT molecular complexity index is 510. The van der Waals surface area contributed by atoms with Gasteiger partial charge in [0.2, 0.25) is 0 Å². The molecule has 0 fully saturated rings. The number of carbonyl (C=O) groups is 2. The fraction of sp³-hybridized carbons (Fsp3) is 0.467. The third-order valence-corrected chi connectivity index (χ3v) is 3.17. The van der Waals surface area contributed by atoms with E-state index in [-0.39, 0.29) is 6.42 Å². The molecule has 0 heterocycles. The molecule has 1 amide bonds. The van der Waals surface area contributed by atoms with E-state index >= 15 is 0 Å². The summed E-state index contributed by atoms with van der Waals surface area (Å²) >= 11 is 1.78. The number of benzene rings is 1. The lowest BCUT2D eigenvalue weighted by Crippen LogP contribution is -2.35. The third-order valence-electron chi connectivity index (χ3n) is 2.66. The van der Waals surface area contributed by atoms with Gasteiger partial charge in [0.15, 0.2) is 23.0 Å². The maximum atomic E-state index is 11.9. The van der Waals surface area contributed by atoms with E-state index in [1.165, 1.54) is 7.11 Å². The largest absolute Gasteiger partial charge is 0.469 e. The normalized spacial score (nSPS) is 12.2. The summed E-state index contributed by atoms with van der Waals surface area (Å²) in [5.41, 5.74) is 0.146. The van der Waals surface area contributed by atoms with E-state index < -0.39 is 23.7 Å². The van der Waals surface area contributed by atoms with Crippen LogP contribution in [0.3, 0.4) is 0 Å². The molecule has 0 spiro atoms. The molecular formula is C15H20INO5. The number of amides is 1. The zero-order valence-corrected chi connectivity index (χ0v) is 15.2.